The minimum atomic E-state index is -0.424. The van der Waals surface area contributed by atoms with E-state index in [1.807, 2.05) is 0 Å². The molecule has 3 aromatic carbocycles. The highest BCUT2D eigenvalue weighted by molar-refractivity contribution is 6.08. The maximum absolute atomic E-state index is 6.20. The number of fused-ring (bicyclic) bond motifs is 1. The maximum Gasteiger partial charge on any atom is 0.149 e. The van der Waals surface area contributed by atoms with Crippen molar-refractivity contribution in [1.82, 2.24) is 0 Å². The van der Waals surface area contributed by atoms with Crippen LogP contribution in [0.15, 0.2) is 96.2 Å². The first kappa shape index (κ1) is 16.1. The topological polar surface area (TPSA) is 21.6 Å². The molecule has 0 bridgehead atoms. The summed E-state index contributed by atoms with van der Waals surface area (Å²) in [5.74, 6) is 0. The van der Waals surface area contributed by atoms with Crippen molar-refractivity contribution in [3.63, 3.8) is 0 Å². The van der Waals surface area contributed by atoms with Crippen molar-refractivity contribution in [3.8, 4) is 0 Å². The molecule has 0 radical (unpaired) electrons. The van der Waals surface area contributed by atoms with E-state index in [-0.39, 0.29) is 11.0 Å². The standard InChI is InChI=1S/C26H23NO/c1-4-10-20(11-5-1)26(21-12-6-2-7-13-21,22-14-8-3-9-15-22)23-24(16-17-24)25(18-19-25)28-27-23/h1-15H,16-19H2. The Kier molecular flexibility index (Phi) is 3.21. The highest BCUT2D eigenvalue weighted by atomic mass is 16.7. The lowest BCUT2D eigenvalue weighted by atomic mass is 9.61. The van der Waals surface area contributed by atoms with E-state index in [9.17, 15) is 0 Å². The van der Waals surface area contributed by atoms with Gasteiger partial charge in [-0.05, 0) is 42.4 Å². The molecular weight excluding hydrogens is 342 g/mol. The van der Waals surface area contributed by atoms with Gasteiger partial charge in [0.15, 0.2) is 0 Å². The van der Waals surface area contributed by atoms with Crippen LogP contribution in [0, 0.1) is 5.41 Å². The van der Waals surface area contributed by atoms with Crippen molar-refractivity contribution in [2.24, 2.45) is 10.6 Å². The average Bonchev–Trinajstić information content (AvgIpc) is 3.67. The lowest BCUT2D eigenvalue weighted by Gasteiger charge is -2.38. The van der Waals surface area contributed by atoms with E-state index >= 15 is 0 Å². The van der Waals surface area contributed by atoms with Gasteiger partial charge in [0.05, 0.1) is 16.5 Å². The van der Waals surface area contributed by atoms with Crippen molar-refractivity contribution in [2.75, 3.05) is 0 Å². The molecule has 138 valence electrons. The van der Waals surface area contributed by atoms with Gasteiger partial charge in [-0.1, -0.05) is 96.2 Å². The summed E-state index contributed by atoms with van der Waals surface area (Å²) in [6.07, 6.45) is 4.63. The second-order valence-electron chi connectivity index (χ2n) is 8.46. The summed E-state index contributed by atoms with van der Waals surface area (Å²) in [5, 5.41) is 4.88. The molecule has 0 aromatic heterocycles. The van der Waals surface area contributed by atoms with Gasteiger partial charge < -0.3 is 4.84 Å². The molecule has 1 heterocycles. The van der Waals surface area contributed by atoms with Crippen LogP contribution >= 0.6 is 0 Å². The van der Waals surface area contributed by atoms with Gasteiger partial charge in [-0.25, -0.2) is 0 Å². The predicted octanol–water partition coefficient (Wildman–Crippen LogP) is 5.72. The molecule has 3 aliphatic rings. The number of rotatable bonds is 4. The Balaban J connectivity index is 1.69. The zero-order valence-electron chi connectivity index (χ0n) is 15.8. The van der Waals surface area contributed by atoms with Crippen molar-refractivity contribution >= 4 is 5.71 Å². The fourth-order valence-electron chi connectivity index (χ4n) is 5.43. The Hall–Kier alpha value is -2.87. The van der Waals surface area contributed by atoms with Crippen LogP contribution in [0.5, 0.6) is 0 Å². The zero-order valence-corrected chi connectivity index (χ0v) is 15.8. The Morgan fingerprint density at radius 2 is 1.04 bits per heavy atom. The summed E-state index contributed by atoms with van der Waals surface area (Å²) in [4.78, 5) is 6.20. The second kappa shape index (κ2) is 5.57. The Morgan fingerprint density at radius 1 is 0.607 bits per heavy atom. The predicted molar refractivity (Wildman–Crippen MR) is 111 cm³/mol. The highest BCUT2D eigenvalue weighted by Gasteiger charge is 2.76. The van der Waals surface area contributed by atoms with Gasteiger partial charge in [0, 0.05) is 0 Å². The Labute approximate surface area is 165 Å². The quantitative estimate of drug-likeness (QED) is 0.542. The van der Waals surface area contributed by atoms with E-state index in [0.29, 0.717) is 0 Å². The average molecular weight is 365 g/mol. The van der Waals surface area contributed by atoms with Gasteiger partial charge in [-0.2, -0.15) is 0 Å². The molecule has 3 aromatic rings. The summed E-state index contributed by atoms with van der Waals surface area (Å²) >= 11 is 0. The Morgan fingerprint density at radius 3 is 1.39 bits per heavy atom. The van der Waals surface area contributed by atoms with E-state index < -0.39 is 5.41 Å². The third-order valence-electron chi connectivity index (χ3n) is 7.07. The fourth-order valence-corrected chi connectivity index (χ4v) is 5.43. The number of nitrogens with zero attached hydrogens (tertiary/aromatic N) is 1. The molecular formula is C26H23NO. The van der Waals surface area contributed by atoms with Crippen LogP contribution in [0.25, 0.3) is 0 Å². The minimum Gasteiger partial charge on any atom is -0.388 e. The molecule has 0 amide bonds. The van der Waals surface area contributed by atoms with E-state index in [0.717, 1.165) is 12.8 Å². The largest absolute Gasteiger partial charge is 0.388 e. The molecule has 1 aliphatic heterocycles. The molecule has 0 atom stereocenters. The molecule has 2 nitrogen and oxygen atoms in total. The van der Waals surface area contributed by atoms with Crippen molar-refractivity contribution < 1.29 is 4.84 Å². The monoisotopic (exact) mass is 365 g/mol. The van der Waals surface area contributed by atoms with Crippen LogP contribution in [0.1, 0.15) is 42.4 Å². The molecule has 2 spiro atoms. The second-order valence-corrected chi connectivity index (χ2v) is 8.46. The molecule has 2 saturated carbocycles. The van der Waals surface area contributed by atoms with Gasteiger partial charge in [0.1, 0.15) is 5.60 Å². The first-order chi connectivity index (χ1) is 13.8. The third kappa shape index (κ3) is 1.95. The van der Waals surface area contributed by atoms with Crippen molar-refractivity contribution in [1.29, 1.82) is 0 Å². The van der Waals surface area contributed by atoms with Crippen LogP contribution < -0.4 is 0 Å². The third-order valence-corrected chi connectivity index (χ3v) is 7.07. The van der Waals surface area contributed by atoms with Gasteiger partial charge in [0.2, 0.25) is 0 Å². The van der Waals surface area contributed by atoms with Gasteiger partial charge in [-0.3, -0.25) is 0 Å². The number of oxime groups is 1. The van der Waals surface area contributed by atoms with Crippen LogP contribution in [-0.2, 0) is 10.3 Å². The lowest BCUT2D eigenvalue weighted by molar-refractivity contribution is 0.0327. The molecule has 6 rings (SSSR count). The Bertz CT molecular complexity index is 935. The van der Waals surface area contributed by atoms with Crippen molar-refractivity contribution in [3.05, 3.63) is 108 Å². The molecule has 28 heavy (non-hydrogen) atoms. The van der Waals surface area contributed by atoms with Gasteiger partial charge in [0.25, 0.3) is 0 Å². The molecule has 2 aliphatic carbocycles. The zero-order chi connectivity index (χ0) is 18.7. The van der Waals surface area contributed by atoms with Gasteiger partial charge in [-0.15, -0.1) is 0 Å². The number of hydrogen-bond acceptors (Lipinski definition) is 2. The van der Waals surface area contributed by atoms with E-state index in [2.05, 4.69) is 91.0 Å². The normalized spacial score (nSPS) is 20.6. The summed E-state index contributed by atoms with van der Waals surface area (Å²) in [6, 6.07) is 32.6. The van der Waals surface area contributed by atoms with Crippen molar-refractivity contribution in [2.45, 2.75) is 36.7 Å². The molecule has 0 unspecified atom stereocenters. The summed E-state index contributed by atoms with van der Waals surface area (Å²) < 4.78 is 0. The molecule has 0 N–H and O–H groups in total. The van der Waals surface area contributed by atoms with Gasteiger partial charge >= 0.3 is 0 Å². The lowest BCUT2D eigenvalue weighted by Crippen LogP contribution is -2.45. The van der Waals surface area contributed by atoms with E-state index in [1.54, 1.807) is 0 Å². The van der Waals surface area contributed by atoms with Crippen LogP contribution in [0.4, 0.5) is 0 Å². The van der Waals surface area contributed by atoms with E-state index in [4.69, 9.17) is 9.99 Å². The highest BCUT2D eigenvalue weighted by Crippen LogP contribution is 2.72. The first-order valence-electron chi connectivity index (χ1n) is 10.3. The summed E-state index contributed by atoms with van der Waals surface area (Å²) in [7, 11) is 0. The number of benzene rings is 3. The SMILES string of the molecule is c1ccc(C(C2=NOC3(CC3)C23CC3)(c2ccccc2)c2ccccc2)cc1. The molecule has 0 saturated heterocycles. The van der Waals surface area contributed by atoms with E-state index in [1.165, 1.54) is 35.2 Å². The number of hydrogen-bond donors (Lipinski definition) is 0. The fraction of sp³-hybridized carbons (Fsp3) is 0.269. The van der Waals surface area contributed by atoms with Crippen LogP contribution in [-0.4, -0.2) is 11.3 Å². The smallest absolute Gasteiger partial charge is 0.149 e. The maximum atomic E-state index is 6.20. The molecule has 2 fully saturated rings. The minimum absolute atomic E-state index is 0.0358. The molecule has 2 heteroatoms. The summed E-state index contributed by atoms with van der Waals surface area (Å²) in [6.45, 7) is 0. The van der Waals surface area contributed by atoms with Crippen LogP contribution in [0.2, 0.25) is 0 Å². The summed E-state index contributed by atoms with van der Waals surface area (Å²) in [5.41, 5.74) is 4.63. The van der Waals surface area contributed by atoms with Crippen LogP contribution in [0.3, 0.4) is 0 Å². The first-order valence-corrected chi connectivity index (χ1v) is 10.3.